The van der Waals surface area contributed by atoms with Crippen molar-refractivity contribution in [2.45, 2.75) is 6.92 Å². The molecule has 1 aromatic rings. The van der Waals surface area contributed by atoms with Crippen molar-refractivity contribution in [2.24, 2.45) is 0 Å². The molecular formula is C5H6N2S. The average molecular weight is 126 g/mol. The summed E-state index contributed by atoms with van der Waals surface area (Å²) in [5.74, 6) is 0. The molecule has 0 atom stereocenters. The van der Waals surface area contributed by atoms with Crippen LogP contribution in [0.2, 0.25) is 0 Å². The second-order valence-corrected chi connectivity index (χ2v) is 2.37. The Kier molecular flexibility index (Phi) is 1.39. The quantitative estimate of drug-likeness (QED) is 0.551. The molecule has 0 unspecified atom stereocenters. The summed E-state index contributed by atoms with van der Waals surface area (Å²) in [5.41, 5.74) is 0.911. The third-order valence-electron chi connectivity index (χ3n) is 0.767. The van der Waals surface area contributed by atoms with Crippen molar-refractivity contribution < 1.29 is 0 Å². The second-order valence-electron chi connectivity index (χ2n) is 1.48. The van der Waals surface area contributed by atoms with Gasteiger partial charge in [-0.25, -0.2) is 4.98 Å². The molecular weight excluding hydrogens is 120 g/mol. The van der Waals surface area contributed by atoms with Crippen molar-refractivity contribution in [3.8, 4) is 0 Å². The first kappa shape index (κ1) is 5.44. The molecule has 42 valence electrons. The van der Waals surface area contributed by atoms with E-state index < -0.39 is 0 Å². The lowest BCUT2D eigenvalue weighted by molar-refractivity contribution is 1.10. The predicted octanol–water partition coefficient (Wildman–Crippen LogP) is 0.931. The molecule has 0 spiro atoms. The van der Waals surface area contributed by atoms with Crippen molar-refractivity contribution in [1.82, 2.24) is 4.98 Å². The molecule has 0 radical (unpaired) electrons. The van der Waals surface area contributed by atoms with E-state index in [2.05, 4.69) is 4.98 Å². The van der Waals surface area contributed by atoms with E-state index in [4.69, 9.17) is 5.41 Å². The normalized spacial score (nSPS) is 9.12. The van der Waals surface area contributed by atoms with Crippen LogP contribution in [-0.2, 0) is 0 Å². The Morgan fingerprint density at radius 1 is 1.75 bits per heavy atom. The first-order valence-electron chi connectivity index (χ1n) is 2.26. The van der Waals surface area contributed by atoms with Gasteiger partial charge >= 0.3 is 0 Å². The van der Waals surface area contributed by atoms with Crippen molar-refractivity contribution in [2.75, 3.05) is 0 Å². The summed E-state index contributed by atoms with van der Waals surface area (Å²) < 4.78 is 0. The highest BCUT2D eigenvalue weighted by Gasteiger charge is 1.79. The van der Waals surface area contributed by atoms with Crippen LogP contribution in [0.5, 0.6) is 0 Å². The Balaban J connectivity index is 3.28. The molecule has 1 heterocycles. The molecule has 0 saturated carbocycles. The number of aromatic nitrogens is 1. The predicted molar refractivity (Wildman–Crippen MR) is 32.7 cm³/mol. The molecule has 1 N–H and O–H groups in total. The maximum atomic E-state index is 7.04. The van der Waals surface area contributed by atoms with E-state index in [0.717, 1.165) is 5.69 Å². The van der Waals surface area contributed by atoms with Crippen molar-refractivity contribution in [1.29, 1.82) is 5.41 Å². The highest BCUT2D eigenvalue weighted by Crippen LogP contribution is 1.87. The summed E-state index contributed by atoms with van der Waals surface area (Å²) in [5, 5.41) is 8.91. The lowest BCUT2D eigenvalue weighted by Gasteiger charge is -1.83. The molecule has 0 bridgehead atoms. The second kappa shape index (κ2) is 2.05. The summed E-state index contributed by atoms with van der Waals surface area (Å²) >= 11 is 1.34. The molecule has 1 rings (SSSR count). The van der Waals surface area contributed by atoms with Gasteiger partial charge in [-0.2, -0.15) is 0 Å². The highest BCUT2D eigenvalue weighted by atomic mass is 32.1. The molecule has 0 aliphatic carbocycles. The summed E-state index contributed by atoms with van der Waals surface area (Å²) in [6.45, 7) is 1.88. The standard InChI is InChI=1S/C5H6N2S/c1-4-2-3-8-5(6)7-4/h2-3,6H,1H3. The number of aryl methyl sites for hydroxylation is 1. The van der Waals surface area contributed by atoms with Crippen LogP contribution < -0.4 is 4.80 Å². The zero-order valence-corrected chi connectivity index (χ0v) is 5.33. The zero-order valence-electron chi connectivity index (χ0n) is 4.51. The van der Waals surface area contributed by atoms with Gasteiger partial charge < -0.3 is 0 Å². The van der Waals surface area contributed by atoms with Crippen LogP contribution in [-0.4, -0.2) is 4.98 Å². The number of hydrogen-bond donors (Lipinski definition) is 1. The third-order valence-corrected chi connectivity index (χ3v) is 1.35. The van der Waals surface area contributed by atoms with Gasteiger partial charge in [0, 0.05) is 5.69 Å². The van der Waals surface area contributed by atoms with Gasteiger partial charge in [0.15, 0.2) is 0 Å². The fourth-order valence-electron chi connectivity index (χ4n) is 0.421. The Morgan fingerprint density at radius 2 is 2.50 bits per heavy atom. The number of nitrogens with zero attached hydrogens (tertiary/aromatic N) is 1. The van der Waals surface area contributed by atoms with Gasteiger partial charge in [-0.3, -0.25) is 5.41 Å². The van der Waals surface area contributed by atoms with Gasteiger partial charge in [0.2, 0.25) is 4.80 Å². The molecule has 2 nitrogen and oxygen atoms in total. The van der Waals surface area contributed by atoms with E-state index in [-0.39, 0.29) is 0 Å². The van der Waals surface area contributed by atoms with E-state index in [1.54, 1.807) is 0 Å². The summed E-state index contributed by atoms with van der Waals surface area (Å²) in [4.78, 5) is 4.24. The van der Waals surface area contributed by atoms with Crippen molar-refractivity contribution in [3.63, 3.8) is 0 Å². The average Bonchev–Trinajstić information content (AvgIpc) is 1.64. The zero-order chi connectivity index (χ0) is 5.98. The fourth-order valence-corrected chi connectivity index (χ4v) is 1.01. The van der Waals surface area contributed by atoms with Crippen LogP contribution in [0.15, 0.2) is 11.4 Å². The van der Waals surface area contributed by atoms with Gasteiger partial charge in [0.05, 0.1) is 0 Å². The molecule has 0 fully saturated rings. The number of nitrogens with one attached hydrogen (secondary N) is 1. The minimum atomic E-state index is 0.380. The number of rotatable bonds is 0. The minimum absolute atomic E-state index is 0.380. The Labute approximate surface area is 51.4 Å². The summed E-state index contributed by atoms with van der Waals surface area (Å²) in [7, 11) is 0. The number of hydrogen-bond acceptors (Lipinski definition) is 3. The topological polar surface area (TPSA) is 36.7 Å². The maximum Gasteiger partial charge on any atom is 0.201 e. The molecule has 1 aromatic heterocycles. The van der Waals surface area contributed by atoms with Crippen molar-refractivity contribution in [3.05, 3.63) is 21.9 Å². The van der Waals surface area contributed by atoms with Crippen molar-refractivity contribution >= 4 is 11.3 Å². The monoisotopic (exact) mass is 126 g/mol. The van der Waals surface area contributed by atoms with Gasteiger partial charge in [-0.1, -0.05) is 0 Å². The molecule has 0 aliphatic rings. The van der Waals surface area contributed by atoms with Gasteiger partial charge in [-0.15, -0.1) is 11.3 Å². The SMILES string of the molecule is Cc1ccsc(=N)n1. The van der Waals surface area contributed by atoms with Crippen LogP contribution in [0.3, 0.4) is 0 Å². The largest absolute Gasteiger partial charge is 0.274 e. The lowest BCUT2D eigenvalue weighted by Crippen LogP contribution is -1.99. The van der Waals surface area contributed by atoms with Crippen LogP contribution >= 0.6 is 11.3 Å². The first-order chi connectivity index (χ1) is 3.79. The molecule has 3 heteroatoms. The first-order valence-corrected chi connectivity index (χ1v) is 3.14. The Hall–Kier alpha value is -0.700. The van der Waals surface area contributed by atoms with E-state index in [1.807, 2.05) is 18.4 Å². The Morgan fingerprint density at radius 3 is 2.88 bits per heavy atom. The smallest absolute Gasteiger partial charge is 0.201 e. The van der Waals surface area contributed by atoms with Crippen LogP contribution in [0.4, 0.5) is 0 Å². The fraction of sp³-hybridized carbons (Fsp3) is 0.200. The van der Waals surface area contributed by atoms with E-state index >= 15 is 0 Å². The molecule has 8 heavy (non-hydrogen) atoms. The van der Waals surface area contributed by atoms with E-state index in [1.165, 1.54) is 11.3 Å². The summed E-state index contributed by atoms with van der Waals surface area (Å²) in [6, 6.07) is 1.89. The maximum absolute atomic E-state index is 7.04. The van der Waals surface area contributed by atoms with Crippen LogP contribution in [0.1, 0.15) is 5.69 Å². The van der Waals surface area contributed by atoms with Crippen LogP contribution in [0.25, 0.3) is 0 Å². The molecule has 0 amide bonds. The van der Waals surface area contributed by atoms with E-state index in [0.29, 0.717) is 4.80 Å². The Bertz CT molecular complexity index is 228. The molecule has 0 aromatic carbocycles. The molecule has 0 saturated heterocycles. The van der Waals surface area contributed by atoms with Crippen LogP contribution in [0, 0.1) is 12.3 Å². The van der Waals surface area contributed by atoms with Gasteiger partial charge in [-0.05, 0) is 18.4 Å². The molecule has 0 aliphatic heterocycles. The van der Waals surface area contributed by atoms with Gasteiger partial charge in [0.1, 0.15) is 0 Å². The lowest BCUT2D eigenvalue weighted by atomic mass is 10.5. The van der Waals surface area contributed by atoms with E-state index in [9.17, 15) is 0 Å². The third kappa shape index (κ3) is 1.13. The summed E-state index contributed by atoms with van der Waals surface area (Å²) in [6.07, 6.45) is 0. The highest BCUT2D eigenvalue weighted by molar-refractivity contribution is 7.06. The minimum Gasteiger partial charge on any atom is -0.274 e. The van der Waals surface area contributed by atoms with Gasteiger partial charge in [0.25, 0.3) is 0 Å².